The first-order chi connectivity index (χ1) is 40.0. The van der Waals surface area contributed by atoms with Crippen LogP contribution in [-0.4, -0.2) is 121 Å². The number of ether oxygens (including phenoxy) is 1. The van der Waals surface area contributed by atoms with Gasteiger partial charge < -0.3 is 24.8 Å². The first-order valence-corrected chi connectivity index (χ1v) is 29.8. The van der Waals surface area contributed by atoms with Crippen molar-refractivity contribution >= 4 is 83.7 Å². The molecule has 0 radical (unpaired) electrons. The predicted molar refractivity (Wildman–Crippen MR) is 330 cm³/mol. The number of aryl methyl sites for hydroxylation is 2. The lowest BCUT2D eigenvalue weighted by molar-refractivity contribution is -0.191. The highest BCUT2D eigenvalue weighted by molar-refractivity contribution is 6.32. The molecule has 2 aliphatic carbocycles. The van der Waals surface area contributed by atoms with Crippen LogP contribution in [0.15, 0.2) is 60.8 Å². The summed E-state index contributed by atoms with van der Waals surface area (Å²) in [4.78, 5) is 59.2. The lowest BCUT2D eigenvalue weighted by Gasteiger charge is -2.32. The molecule has 0 spiro atoms. The number of likely N-dealkylation sites (tertiary alicyclic amines) is 2. The van der Waals surface area contributed by atoms with E-state index in [-0.39, 0.29) is 95.6 Å². The number of aromatic amines is 3. The molecular formula is C62H78Cl5F3N10O6. The van der Waals surface area contributed by atoms with Crippen LogP contribution in [0.1, 0.15) is 182 Å². The molecule has 7 heterocycles. The van der Waals surface area contributed by atoms with Gasteiger partial charge >= 0.3 is 12.2 Å². The normalized spacial score (nSPS) is 16.6. The Labute approximate surface area is 528 Å². The van der Waals surface area contributed by atoms with Gasteiger partial charge in [-0.15, -0.1) is 24.8 Å². The van der Waals surface area contributed by atoms with Crippen LogP contribution in [0.3, 0.4) is 0 Å². The van der Waals surface area contributed by atoms with Crippen LogP contribution in [0.4, 0.5) is 18.0 Å². The first kappa shape index (κ1) is 70.8. The van der Waals surface area contributed by atoms with Crippen molar-refractivity contribution in [2.45, 2.75) is 154 Å². The summed E-state index contributed by atoms with van der Waals surface area (Å²) < 4.78 is 45.9. The quantitative estimate of drug-likeness (QED) is 0.129. The summed E-state index contributed by atoms with van der Waals surface area (Å²) in [5.41, 5.74) is 10.1. The topological polar surface area (TPSA) is 202 Å². The van der Waals surface area contributed by atoms with Crippen LogP contribution in [0.5, 0.6) is 0 Å². The average molecular weight is 1290 g/mol. The maximum absolute atomic E-state index is 13.7. The van der Waals surface area contributed by atoms with E-state index in [0.29, 0.717) is 61.6 Å². The Kier molecular flexibility index (Phi) is 27.5. The average Bonchev–Trinajstić information content (AvgIpc) is 3.21. The smallest absolute Gasteiger partial charge is 0.410 e. The van der Waals surface area contributed by atoms with Gasteiger partial charge in [0, 0.05) is 72.9 Å². The molecule has 4 aliphatic heterocycles. The summed E-state index contributed by atoms with van der Waals surface area (Å²) >= 11 is 18.2. The molecule has 4 N–H and O–H groups in total. The summed E-state index contributed by atoms with van der Waals surface area (Å²) in [7, 11) is 0. The molecule has 6 aliphatic rings. The Bertz CT molecular complexity index is 3080. The summed E-state index contributed by atoms with van der Waals surface area (Å²) in [6.45, 7) is 11.5. The minimum absolute atomic E-state index is 0. The van der Waals surface area contributed by atoms with Crippen molar-refractivity contribution < 1.29 is 41.9 Å². The number of nitrogens with zero attached hydrogens (tertiary/aromatic N) is 6. The van der Waals surface area contributed by atoms with E-state index in [1.54, 1.807) is 29.3 Å². The van der Waals surface area contributed by atoms with Crippen LogP contribution in [-0.2, 0) is 53.0 Å². The van der Waals surface area contributed by atoms with E-state index in [1.807, 2.05) is 48.8 Å². The standard InChI is InChI=1S/2C19H21ClFN3O.C11H13ClFN.C11H17N3O2.CO2.CH4.2ClH/c2*20-17-13(5-3-6-15(17)21)12-8-10-24(11-9-12)19(25)18-14-4-1-2-7-16(14)22-23-18;12-11-9(2-1-3-10(11)13)8-4-6-14-7-5-8;1-11(2,3)16-10(15)14-5-4-9-8(7-14)6-12-13-9;2-1-3;;;/h2*3,5-6,12H,1-2,4,7-11H2,(H,22,23);1-3,8,14H,4-7H2;6H,4-5,7H2,1-3H3,(H,12,13);;1H4;2*1H. The summed E-state index contributed by atoms with van der Waals surface area (Å²) in [6.07, 6.45) is 16.2. The van der Waals surface area contributed by atoms with Crippen LogP contribution >= 0.6 is 59.6 Å². The van der Waals surface area contributed by atoms with Gasteiger partial charge in [0.2, 0.25) is 0 Å². The Morgan fingerprint density at radius 1 is 0.570 bits per heavy atom. The van der Waals surface area contributed by atoms with E-state index < -0.39 is 5.60 Å². The molecule has 24 heteroatoms. The second kappa shape index (κ2) is 33.4. The molecule has 0 atom stereocenters. The van der Waals surface area contributed by atoms with Crippen molar-refractivity contribution in [3.05, 3.63) is 155 Å². The number of halogens is 8. The SMILES string of the molecule is C.CC(C)(C)OC(=O)N1CCc2[nH]ncc2C1.Cl.Cl.Fc1cccc(C2CCNCC2)c1Cl.O=C(c1n[nH]c2c1CCCC2)N1CCC(c2cccc(F)c2Cl)CC1.O=C(c1n[nH]c2c1CCCC2)N1CCC(c2cccc(F)c2Cl)CC1.O=C=O. The third-order valence-corrected chi connectivity index (χ3v) is 17.3. The summed E-state index contributed by atoms with van der Waals surface area (Å²) in [6, 6.07) is 15.0. The first-order valence-electron chi connectivity index (χ1n) is 28.7. The predicted octanol–water partition coefficient (Wildman–Crippen LogP) is 13.7. The number of fused-ring (bicyclic) bond motifs is 3. The number of amides is 3. The molecule has 12 rings (SSSR count). The van der Waals surface area contributed by atoms with Crippen molar-refractivity contribution in [1.29, 1.82) is 0 Å². The van der Waals surface area contributed by atoms with E-state index >= 15 is 0 Å². The second-order valence-electron chi connectivity index (χ2n) is 22.7. The minimum Gasteiger partial charge on any atom is -0.444 e. The molecule has 468 valence electrons. The van der Waals surface area contributed by atoms with E-state index in [9.17, 15) is 27.6 Å². The zero-order valence-corrected chi connectivity index (χ0v) is 51.9. The number of H-pyrrole nitrogens is 3. The molecule has 3 saturated heterocycles. The fourth-order valence-corrected chi connectivity index (χ4v) is 12.6. The van der Waals surface area contributed by atoms with Gasteiger partial charge in [0.1, 0.15) is 23.1 Å². The maximum Gasteiger partial charge on any atom is 0.410 e. The molecule has 3 amide bonds. The van der Waals surface area contributed by atoms with Crippen LogP contribution in [0.25, 0.3) is 0 Å². The fourth-order valence-electron chi connectivity index (χ4n) is 11.7. The number of carbonyl (C=O) groups is 3. The van der Waals surface area contributed by atoms with Crippen molar-refractivity contribution in [1.82, 2.24) is 50.6 Å². The third-order valence-electron chi connectivity index (χ3n) is 16.1. The van der Waals surface area contributed by atoms with E-state index in [4.69, 9.17) is 49.1 Å². The molecule has 0 saturated carbocycles. The van der Waals surface area contributed by atoms with Gasteiger partial charge in [0.05, 0.1) is 27.8 Å². The third kappa shape index (κ3) is 18.1. The minimum atomic E-state index is -0.437. The highest BCUT2D eigenvalue weighted by Crippen LogP contribution is 2.37. The molecule has 16 nitrogen and oxygen atoms in total. The fraction of sp³-hybridized carbons (Fsp3) is 0.500. The Morgan fingerprint density at radius 3 is 1.37 bits per heavy atom. The number of nitrogens with one attached hydrogen (secondary N) is 4. The monoisotopic (exact) mass is 1290 g/mol. The largest absolute Gasteiger partial charge is 0.444 e. The van der Waals surface area contributed by atoms with Crippen molar-refractivity contribution in [2.24, 2.45) is 0 Å². The number of rotatable bonds is 5. The number of benzene rings is 3. The lowest BCUT2D eigenvalue weighted by Crippen LogP contribution is -2.39. The number of carbonyl (C=O) groups excluding carboxylic acids is 5. The highest BCUT2D eigenvalue weighted by atomic mass is 35.5. The molecule has 86 heavy (non-hydrogen) atoms. The Balaban J connectivity index is 0.000000209. The van der Waals surface area contributed by atoms with E-state index in [2.05, 4.69) is 35.9 Å². The van der Waals surface area contributed by atoms with Gasteiger partial charge in [-0.1, -0.05) is 78.6 Å². The molecular weight excluding hydrogens is 1220 g/mol. The lowest BCUT2D eigenvalue weighted by atomic mass is 9.89. The number of aromatic nitrogens is 6. The van der Waals surface area contributed by atoms with Gasteiger partial charge in [-0.3, -0.25) is 24.9 Å². The van der Waals surface area contributed by atoms with Crippen molar-refractivity contribution in [3.8, 4) is 0 Å². The van der Waals surface area contributed by atoms with Crippen LogP contribution in [0.2, 0.25) is 15.1 Å². The Hall–Kier alpha value is -5.92. The van der Waals surface area contributed by atoms with Crippen LogP contribution < -0.4 is 5.32 Å². The molecule has 0 unspecified atom stereocenters. The maximum atomic E-state index is 13.7. The van der Waals surface area contributed by atoms with Gasteiger partial charge in [-0.25, -0.2) is 18.0 Å². The zero-order chi connectivity index (χ0) is 59.2. The number of hydrogen-bond acceptors (Lipinski definition) is 10. The van der Waals surface area contributed by atoms with Crippen molar-refractivity contribution in [2.75, 3.05) is 45.8 Å². The number of hydrogen-bond donors (Lipinski definition) is 4. The van der Waals surface area contributed by atoms with E-state index in [0.717, 1.165) is 160 Å². The van der Waals surface area contributed by atoms with Crippen molar-refractivity contribution in [3.63, 3.8) is 0 Å². The Morgan fingerprint density at radius 2 is 0.965 bits per heavy atom. The van der Waals surface area contributed by atoms with Gasteiger partial charge in [0.25, 0.3) is 11.8 Å². The highest BCUT2D eigenvalue weighted by Gasteiger charge is 2.33. The zero-order valence-electron chi connectivity index (χ0n) is 48.0. The number of piperidine rings is 3. The second-order valence-corrected chi connectivity index (χ2v) is 23.8. The molecule has 6 aromatic rings. The summed E-state index contributed by atoms with van der Waals surface area (Å²) in [5, 5.41) is 25.6. The molecule has 3 fully saturated rings. The van der Waals surface area contributed by atoms with Gasteiger partial charge in [-0.2, -0.15) is 24.9 Å². The molecule has 3 aromatic carbocycles. The molecule has 3 aromatic heterocycles. The van der Waals surface area contributed by atoms with Crippen LogP contribution in [0, 0.1) is 17.5 Å². The molecule has 0 bridgehead atoms. The van der Waals surface area contributed by atoms with Gasteiger partial charge in [0.15, 0.2) is 11.4 Å². The van der Waals surface area contributed by atoms with Gasteiger partial charge in [-0.05, 0) is 176 Å². The van der Waals surface area contributed by atoms with E-state index in [1.165, 1.54) is 18.2 Å². The summed E-state index contributed by atoms with van der Waals surface area (Å²) in [5.74, 6) is -0.212.